The van der Waals surface area contributed by atoms with Crippen molar-refractivity contribution in [1.29, 1.82) is 0 Å². The zero-order valence-electron chi connectivity index (χ0n) is 19.3. The van der Waals surface area contributed by atoms with Gasteiger partial charge in [-0.3, -0.25) is 4.79 Å². The number of amides is 1. The number of hydrogen-bond acceptors (Lipinski definition) is 5. The molecule has 5 fully saturated rings. The molecule has 0 atom stereocenters. The molecule has 5 aliphatic rings. The van der Waals surface area contributed by atoms with Gasteiger partial charge in [0.15, 0.2) is 0 Å². The summed E-state index contributed by atoms with van der Waals surface area (Å²) in [5.74, 6) is 1.15. The van der Waals surface area contributed by atoms with E-state index in [1.807, 2.05) is 4.72 Å². The first-order valence-corrected chi connectivity index (χ1v) is 14.0. The van der Waals surface area contributed by atoms with E-state index < -0.39 is 21.7 Å². The Morgan fingerprint density at radius 3 is 2.33 bits per heavy atom. The molecule has 182 valence electrons. The van der Waals surface area contributed by atoms with Gasteiger partial charge in [-0.15, -0.1) is 0 Å². The minimum Gasteiger partial charge on any atom is -0.493 e. The summed E-state index contributed by atoms with van der Waals surface area (Å²) >= 11 is 0. The summed E-state index contributed by atoms with van der Waals surface area (Å²) in [5.41, 5.74) is 0.772. The lowest BCUT2D eigenvalue weighted by molar-refractivity contribution is -0.0747. The lowest BCUT2D eigenvalue weighted by atomic mass is 9.50. The minimum atomic E-state index is -3.90. The smallest absolute Gasteiger partial charge is 0.267 e. The maximum absolute atomic E-state index is 15.0. The van der Waals surface area contributed by atoms with Gasteiger partial charge < -0.3 is 9.47 Å². The molecule has 0 saturated heterocycles. The van der Waals surface area contributed by atoms with Gasteiger partial charge in [0.25, 0.3) is 5.91 Å². The SMILES string of the molecule is CCOCCS(=O)(=O)NC(=O)c1cc(C2CC2)c(OCC23CC4CC(CC(C4)C2)C3)cc1F. The van der Waals surface area contributed by atoms with Crippen molar-refractivity contribution < 1.29 is 27.1 Å². The fourth-order valence-corrected chi connectivity index (χ4v) is 7.67. The zero-order chi connectivity index (χ0) is 23.2. The number of carbonyl (C=O) groups excluding carboxylic acids is 1. The quantitative estimate of drug-likeness (QED) is 0.503. The Bertz CT molecular complexity index is 985. The number of hydrogen-bond donors (Lipinski definition) is 1. The molecular weight excluding hydrogens is 445 g/mol. The van der Waals surface area contributed by atoms with Crippen LogP contribution in [0, 0.1) is 29.0 Å². The van der Waals surface area contributed by atoms with Crippen molar-refractivity contribution in [2.75, 3.05) is 25.6 Å². The van der Waals surface area contributed by atoms with Crippen molar-refractivity contribution in [3.63, 3.8) is 0 Å². The highest BCUT2D eigenvalue weighted by Crippen LogP contribution is 2.60. The summed E-state index contributed by atoms with van der Waals surface area (Å²) < 4.78 is 52.6. The normalized spacial score (nSPS) is 30.4. The third-order valence-corrected chi connectivity index (χ3v) is 9.21. The van der Waals surface area contributed by atoms with Crippen LogP contribution in [0.5, 0.6) is 5.75 Å². The number of benzene rings is 1. The summed E-state index contributed by atoms with van der Waals surface area (Å²) in [6.07, 6.45) is 9.64. The van der Waals surface area contributed by atoms with Crippen LogP contribution in [0.2, 0.25) is 0 Å². The van der Waals surface area contributed by atoms with Crippen molar-refractivity contribution in [1.82, 2.24) is 4.72 Å². The van der Waals surface area contributed by atoms with Crippen LogP contribution in [0.4, 0.5) is 4.39 Å². The molecule has 0 aliphatic heterocycles. The number of ether oxygens (including phenoxy) is 2. The first kappa shape index (κ1) is 23.1. The Morgan fingerprint density at radius 1 is 1.12 bits per heavy atom. The van der Waals surface area contributed by atoms with Crippen molar-refractivity contribution in [3.8, 4) is 5.75 Å². The lowest BCUT2D eigenvalue weighted by Gasteiger charge is -2.56. The van der Waals surface area contributed by atoms with Gasteiger partial charge in [0, 0.05) is 18.1 Å². The Balaban J connectivity index is 1.30. The second-order valence-corrected chi connectivity index (χ2v) is 12.6. The number of carbonyl (C=O) groups is 1. The molecule has 0 aromatic heterocycles. The van der Waals surface area contributed by atoms with E-state index >= 15 is 0 Å². The average Bonchev–Trinajstić information content (AvgIpc) is 3.56. The van der Waals surface area contributed by atoms with E-state index in [9.17, 15) is 17.6 Å². The summed E-state index contributed by atoms with van der Waals surface area (Å²) in [5, 5.41) is 0. The molecule has 6 rings (SSSR count). The van der Waals surface area contributed by atoms with E-state index in [-0.39, 0.29) is 29.3 Å². The van der Waals surface area contributed by atoms with Gasteiger partial charge in [-0.2, -0.15) is 0 Å². The Morgan fingerprint density at radius 2 is 1.76 bits per heavy atom. The van der Waals surface area contributed by atoms with E-state index in [1.54, 1.807) is 6.92 Å². The molecule has 33 heavy (non-hydrogen) atoms. The van der Waals surface area contributed by atoms with Crippen molar-refractivity contribution in [2.45, 2.75) is 64.2 Å². The maximum Gasteiger partial charge on any atom is 0.267 e. The second-order valence-electron chi connectivity index (χ2n) is 10.8. The van der Waals surface area contributed by atoms with Gasteiger partial charge in [0.05, 0.1) is 24.5 Å². The van der Waals surface area contributed by atoms with Gasteiger partial charge in [-0.1, -0.05) is 0 Å². The van der Waals surface area contributed by atoms with Crippen molar-refractivity contribution in [3.05, 3.63) is 29.1 Å². The van der Waals surface area contributed by atoms with Crippen LogP contribution in [0.3, 0.4) is 0 Å². The topological polar surface area (TPSA) is 81.7 Å². The summed E-state index contributed by atoms with van der Waals surface area (Å²) in [6.45, 7) is 2.72. The fourth-order valence-electron chi connectivity index (χ4n) is 6.84. The molecule has 6 nitrogen and oxygen atoms in total. The molecule has 5 aliphatic carbocycles. The largest absolute Gasteiger partial charge is 0.493 e. The molecule has 5 saturated carbocycles. The van der Waals surface area contributed by atoms with Gasteiger partial charge in [0.2, 0.25) is 10.0 Å². The molecule has 1 aromatic rings. The lowest BCUT2D eigenvalue weighted by Crippen LogP contribution is -2.48. The van der Waals surface area contributed by atoms with Crippen LogP contribution >= 0.6 is 0 Å². The van der Waals surface area contributed by atoms with Gasteiger partial charge in [0.1, 0.15) is 11.6 Å². The Hall–Kier alpha value is -1.67. The Labute approximate surface area is 195 Å². The van der Waals surface area contributed by atoms with Crippen molar-refractivity contribution >= 4 is 15.9 Å². The molecule has 1 amide bonds. The molecule has 4 bridgehead atoms. The summed E-state index contributed by atoms with van der Waals surface area (Å²) in [6, 6.07) is 2.78. The number of rotatable bonds is 10. The third kappa shape index (κ3) is 5.06. The predicted molar refractivity (Wildman–Crippen MR) is 122 cm³/mol. The molecule has 8 heteroatoms. The molecule has 1 N–H and O–H groups in total. The molecule has 0 radical (unpaired) electrons. The second kappa shape index (κ2) is 8.84. The van der Waals surface area contributed by atoms with Gasteiger partial charge in [-0.25, -0.2) is 17.5 Å². The fraction of sp³-hybridized carbons (Fsp3) is 0.720. The molecule has 0 unspecified atom stereocenters. The van der Waals surface area contributed by atoms with Crippen LogP contribution in [-0.4, -0.2) is 39.9 Å². The van der Waals surface area contributed by atoms with E-state index in [0.717, 1.165) is 36.2 Å². The monoisotopic (exact) mass is 479 g/mol. The average molecular weight is 480 g/mol. The van der Waals surface area contributed by atoms with Gasteiger partial charge in [-0.05, 0) is 93.6 Å². The number of nitrogens with one attached hydrogen (secondary N) is 1. The van der Waals surface area contributed by atoms with E-state index in [4.69, 9.17) is 9.47 Å². The van der Waals surface area contributed by atoms with Crippen LogP contribution in [-0.2, 0) is 14.8 Å². The molecule has 1 aromatic carbocycles. The standard InChI is InChI=1S/C25H34FNO5S/c1-2-31-5-6-33(29,30)27-24(28)21-10-20(19-3-4-19)23(11-22(21)26)32-15-25-12-16-7-17(13-25)9-18(8-16)14-25/h10-11,16-19H,2-9,12-15H2,1H3,(H,27,28). The maximum atomic E-state index is 15.0. The Kier molecular flexibility index (Phi) is 6.18. The summed E-state index contributed by atoms with van der Waals surface area (Å²) in [7, 11) is -3.90. The van der Waals surface area contributed by atoms with Gasteiger partial charge >= 0.3 is 0 Å². The first-order chi connectivity index (χ1) is 15.8. The first-order valence-electron chi connectivity index (χ1n) is 12.3. The predicted octanol–water partition coefficient (Wildman–Crippen LogP) is 4.39. The molecule has 0 heterocycles. The number of halogens is 1. The molecule has 0 spiro atoms. The van der Waals surface area contributed by atoms with Crippen LogP contribution < -0.4 is 9.46 Å². The molecular formula is C25H34FNO5S. The highest BCUT2D eigenvalue weighted by molar-refractivity contribution is 7.90. The highest BCUT2D eigenvalue weighted by Gasteiger charge is 2.51. The summed E-state index contributed by atoms with van der Waals surface area (Å²) in [4.78, 5) is 12.6. The third-order valence-electron chi connectivity index (χ3n) is 8.01. The van der Waals surface area contributed by atoms with E-state index in [2.05, 4.69) is 0 Å². The van der Waals surface area contributed by atoms with E-state index in [0.29, 0.717) is 19.0 Å². The minimum absolute atomic E-state index is 0.0218. The highest BCUT2D eigenvalue weighted by atomic mass is 32.2. The van der Waals surface area contributed by atoms with Crippen LogP contribution in [0.1, 0.15) is 80.1 Å². The van der Waals surface area contributed by atoms with Crippen molar-refractivity contribution in [2.24, 2.45) is 23.2 Å². The number of sulfonamides is 1. The zero-order valence-corrected chi connectivity index (χ0v) is 20.1. The van der Waals surface area contributed by atoms with E-state index in [1.165, 1.54) is 50.7 Å². The van der Waals surface area contributed by atoms with Crippen LogP contribution in [0.25, 0.3) is 0 Å². The van der Waals surface area contributed by atoms with Crippen LogP contribution in [0.15, 0.2) is 12.1 Å².